The van der Waals surface area contributed by atoms with Gasteiger partial charge in [0.2, 0.25) is 0 Å². The summed E-state index contributed by atoms with van der Waals surface area (Å²) >= 11 is 1.66. The molecule has 0 amide bonds. The minimum absolute atomic E-state index is 0.000590. The molecule has 0 atom stereocenters. The van der Waals surface area contributed by atoms with E-state index in [0.717, 1.165) is 55.2 Å². The SMILES string of the molecule is O=c1cc(-c2cccnc2)ncn1CC1CCN(Cc2cn3ccsc3n2)CC1. The average Bonchev–Trinajstić information content (AvgIpc) is 3.33. The van der Waals surface area contributed by atoms with Crippen LogP contribution in [0.4, 0.5) is 0 Å². The van der Waals surface area contributed by atoms with Crippen LogP contribution in [-0.2, 0) is 13.1 Å². The van der Waals surface area contributed by atoms with Crippen molar-refractivity contribution in [3.8, 4) is 11.3 Å². The van der Waals surface area contributed by atoms with Crippen molar-refractivity contribution >= 4 is 16.3 Å². The van der Waals surface area contributed by atoms with Crippen LogP contribution in [0.1, 0.15) is 18.5 Å². The molecule has 0 aromatic carbocycles. The van der Waals surface area contributed by atoms with Crippen LogP contribution in [0.3, 0.4) is 0 Å². The number of hydrogen-bond acceptors (Lipinski definition) is 6. The fourth-order valence-corrected chi connectivity index (χ4v) is 4.64. The molecule has 0 radical (unpaired) electrons. The standard InChI is InChI=1S/C21H22N6OS/c28-20-10-19(17-2-1-5-22-11-17)23-15-27(20)12-16-3-6-25(7-4-16)13-18-14-26-8-9-29-21(26)24-18/h1-2,5,8-11,14-16H,3-4,6-7,12-13H2. The first-order valence-electron chi connectivity index (χ1n) is 9.85. The summed E-state index contributed by atoms with van der Waals surface area (Å²) in [6.07, 6.45) is 11.5. The van der Waals surface area contributed by atoms with Gasteiger partial charge in [-0.2, -0.15) is 0 Å². The molecule has 8 heteroatoms. The van der Waals surface area contributed by atoms with E-state index in [1.54, 1.807) is 40.7 Å². The van der Waals surface area contributed by atoms with E-state index < -0.39 is 0 Å². The Bertz CT molecular complexity index is 1130. The Labute approximate surface area is 172 Å². The summed E-state index contributed by atoms with van der Waals surface area (Å²) in [7, 11) is 0. The van der Waals surface area contributed by atoms with E-state index in [9.17, 15) is 4.79 Å². The van der Waals surface area contributed by atoms with Crippen molar-refractivity contribution < 1.29 is 0 Å². The van der Waals surface area contributed by atoms with Gasteiger partial charge in [-0.3, -0.25) is 23.6 Å². The number of fused-ring (bicyclic) bond motifs is 1. The summed E-state index contributed by atoms with van der Waals surface area (Å²) in [5.41, 5.74) is 2.67. The number of hydrogen-bond donors (Lipinski definition) is 0. The molecule has 0 aliphatic carbocycles. The van der Waals surface area contributed by atoms with Crippen molar-refractivity contribution in [2.75, 3.05) is 13.1 Å². The molecule has 1 saturated heterocycles. The number of imidazole rings is 1. The van der Waals surface area contributed by atoms with E-state index >= 15 is 0 Å². The molecule has 1 aliphatic rings. The van der Waals surface area contributed by atoms with Gasteiger partial charge in [0, 0.05) is 54.9 Å². The van der Waals surface area contributed by atoms with Crippen LogP contribution >= 0.6 is 11.3 Å². The normalized spacial score (nSPS) is 15.9. The fraction of sp³-hybridized carbons (Fsp3) is 0.333. The Hall–Kier alpha value is -2.84. The van der Waals surface area contributed by atoms with Crippen LogP contribution in [0.2, 0.25) is 0 Å². The number of thiazole rings is 1. The number of piperidine rings is 1. The predicted molar refractivity (Wildman–Crippen MR) is 113 cm³/mol. The minimum atomic E-state index is -0.000590. The fourth-order valence-electron chi connectivity index (χ4n) is 3.92. The van der Waals surface area contributed by atoms with Crippen molar-refractivity contribution in [3.05, 3.63) is 70.7 Å². The van der Waals surface area contributed by atoms with Gasteiger partial charge in [0.05, 0.1) is 17.7 Å². The van der Waals surface area contributed by atoms with E-state index in [2.05, 4.69) is 35.8 Å². The van der Waals surface area contributed by atoms with Gasteiger partial charge in [-0.25, -0.2) is 9.97 Å². The molecule has 5 rings (SSSR count). The maximum absolute atomic E-state index is 12.5. The highest BCUT2D eigenvalue weighted by molar-refractivity contribution is 7.15. The first kappa shape index (κ1) is 18.2. The zero-order valence-corrected chi connectivity index (χ0v) is 16.8. The van der Waals surface area contributed by atoms with E-state index in [4.69, 9.17) is 0 Å². The smallest absolute Gasteiger partial charge is 0.253 e. The largest absolute Gasteiger partial charge is 0.299 e. The average molecular weight is 407 g/mol. The highest BCUT2D eigenvalue weighted by Crippen LogP contribution is 2.21. The molecule has 7 nitrogen and oxygen atoms in total. The van der Waals surface area contributed by atoms with E-state index in [1.807, 2.05) is 18.3 Å². The Balaban J connectivity index is 1.18. The zero-order chi connectivity index (χ0) is 19.6. The Kier molecular flexibility index (Phi) is 4.95. The van der Waals surface area contributed by atoms with Crippen molar-refractivity contribution in [3.63, 3.8) is 0 Å². The second-order valence-corrected chi connectivity index (χ2v) is 8.42. The molecule has 29 heavy (non-hydrogen) atoms. The lowest BCUT2D eigenvalue weighted by Crippen LogP contribution is -2.36. The lowest BCUT2D eigenvalue weighted by Gasteiger charge is -2.31. The molecule has 0 bridgehead atoms. The molecular weight excluding hydrogens is 384 g/mol. The van der Waals surface area contributed by atoms with Gasteiger partial charge < -0.3 is 0 Å². The quantitative estimate of drug-likeness (QED) is 0.510. The number of pyridine rings is 1. The van der Waals surface area contributed by atoms with Crippen LogP contribution in [0.5, 0.6) is 0 Å². The number of nitrogens with zero attached hydrogens (tertiary/aromatic N) is 6. The highest BCUT2D eigenvalue weighted by atomic mass is 32.1. The third-order valence-corrected chi connectivity index (χ3v) is 6.30. The lowest BCUT2D eigenvalue weighted by atomic mass is 9.96. The molecule has 0 N–H and O–H groups in total. The molecule has 4 aromatic rings. The molecule has 0 saturated carbocycles. The third-order valence-electron chi connectivity index (χ3n) is 5.53. The van der Waals surface area contributed by atoms with Crippen molar-refractivity contribution in [2.24, 2.45) is 5.92 Å². The van der Waals surface area contributed by atoms with Gasteiger partial charge in [-0.15, -0.1) is 11.3 Å². The number of rotatable bonds is 5. The van der Waals surface area contributed by atoms with Gasteiger partial charge in [0.25, 0.3) is 5.56 Å². The van der Waals surface area contributed by atoms with Gasteiger partial charge in [0.15, 0.2) is 4.96 Å². The first-order valence-corrected chi connectivity index (χ1v) is 10.7. The van der Waals surface area contributed by atoms with Crippen LogP contribution in [0, 0.1) is 5.92 Å². The number of likely N-dealkylation sites (tertiary alicyclic amines) is 1. The first-order chi connectivity index (χ1) is 14.2. The topological polar surface area (TPSA) is 68.3 Å². The van der Waals surface area contributed by atoms with Crippen molar-refractivity contribution in [1.82, 2.24) is 28.8 Å². The summed E-state index contributed by atoms with van der Waals surface area (Å²) in [4.78, 5) is 29.3. The lowest BCUT2D eigenvalue weighted by molar-refractivity contribution is 0.165. The second-order valence-electron chi connectivity index (χ2n) is 7.55. The van der Waals surface area contributed by atoms with Gasteiger partial charge in [0.1, 0.15) is 0 Å². The second kappa shape index (κ2) is 7.88. The van der Waals surface area contributed by atoms with Crippen LogP contribution in [0.15, 0.2) is 59.5 Å². The van der Waals surface area contributed by atoms with E-state index in [0.29, 0.717) is 11.6 Å². The van der Waals surface area contributed by atoms with Gasteiger partial charge in [-0.05, 0) is 44.0 Å². The maximum Gasteiger partial charge on any atom is 0.253 e. The van der Waals surface area contributed by atoms with Gasteiger partial charge >= 0.3 is 0 Å². The van der Waals surface area contributed by atoms with Crippen molar-refractivity contribution in [1.29, 1.82) is 0 Å². The van der Waals surface area contributed by atoms with Crippen LogP contribution in [0.25, 0.3) is 16.2 Å². The zero-order valence-electron chi connectivity index (χ0n) is 16.0. The Morgan fingerprint density at radius 2 is 2.14 bits per heavy atom. The summed E-state index contributed by atoms with van der Waals surface area (Å²) in [6, 6.07) is 5.37. The molecule has 1 aliphatic heterocycles. The molecule has 4 aromatic heterocycles. The van der Waals surface area contributed by atoms with E-state index in [-0.39, 0.29) is 5.56 Å². The monoisotopic (exact) mass is 406 g/mol. The molecule has 5 heterocycles. The van der Waals surface area contributed by atoms with E-state index in [1.165, 1.54) is 0 Å². The minimum Gasteiger partial charge on any atom is -0.299 e. The molecule has 148 valence electrons. The molecule has 0 unspecified atom stereocenters. The summed E-state index contributed by atoms with van der Waals surface area (Å²) in [5, 5.41) is 2.05. The summed E-state index contributed by atoms with van der Waals surface area (Å²) in [6.45, 7) is 3.69. The molecule has 0 spiro atoms. The molecule has 1 fully saturated rings. The summed E-state index contributed by atoms with van der Waals surface area (Å²) < 4.78 is 3.82. The summed E-state index contributed by atoms with van der Waals surface area (Å²) in [5.74, 6) is 0.500. The highest BCUT2D eigenvalue weighted by Gasteiger charge is 2.21. The Morgan fingerprint density at radius 3 is 2.90 bits per heavy atom. The van der Waals surface area contributed by atoms with Crippen molar-refractivity contribution in [2.45, 2.75) is 25.9 Å². The van der Waals surface area contributed by atoms with Crippen LogP contribution < -0.4 is 5.56 Å². The maximum atomic E-state index is 12.5. The molecular formula is C21H22N6OS. The third kappa shape index (κ3) is 3.99. The predicted octanol–water partition coefficient (Wildman–Crippen LogP) is 2.93. The Morgan fingerprint density at radius 1 is 1.24 bits per heavy atom. The van der Waals surface area contributed by atoms with Gasteiger partial charge in [-0.1, -0.05) is 0 Å². The van der Waals surface area contributed by atoms with Crippen LogP contribution in [-0.4, -0.2) is 41.9 Å². The number of aromatic nitrogens is 5.